The van der Waals surface area contributed by atoms with E-state index in [4.69, 9.17) is 9.15 Å². The highest BCUT2D eigenvalue weighted by atomic mass is 16.5. The summed E-state index contributed by atoms with van der Waals surface area (Å²) in [6.45, 7) is 0. The fraction of sp³-hybridized carbons (Fsp3) is 0.0667. The third-order valence-corrected chi connectivity index (χ3v) is 6.79. The number of fused-ring (bicyclic) bond motifs is 2. The van der Waals surface area contributed by atoms with Crippen molar-refractivity contribution in [2.75, 3.05) is 0 Å². The third-order valence-electron chi connectivity index (χ3n) is 6.79. The standard InChI is InChI=1S/C30H20O10/c31-15-8-4-13(5-9-15)28-24(25(36)21-17(33)2-1-3-20(21)39-28)22-18(34)12-19(35)23-26(37)27(38)29(40-30(22)23)14-6-10-16(32)11-7-14/h1-12,27,29,31-35,38H. The predicted molar refractivity (Wildman–Crippen MR) is 142 cm³/mol. The van der Waals surface area contributed by atoms with Gasteiger partial charge in [-0.15, -0.1) is 0 Å². The van der Waals surface area contributed by atoms with Crippen molar-refractivity contribution in [2.45, 2.75) is 12.2 Å². The van der Waals surface area contributed by atoms with E-state index in [1.165, 1.54) is 66.7 Å². The first-order chi connectivity index (χ1) is 19.2. The third kappa shape index (κ3) is 3.77. The number of hydrogen-bond acceptors (Lipinski definition) is 10. The molecule has 6 N–H and O–H groups in total. The number of benzene rings is 4. The summed E-state index contributed by atoms with van der Waals surface area (Å²) in [4.78, 5) is 27.3. The Hall–Kier alpha value is -5.48. The van der Waals surface area contributed by atoms with Crippen LogP contribution >= 0.6 is 0 Å². The maximum atomic E-state index is 14.0. The smallest absolute Gasteiger partial charge is 0.205 e. The topological polar surface area (TPSA) is 178 Å². The Labute approximate surface area is 224 Å². The summed E-state index contributed by atoms with van der Waals surface area (Å²) in [5.74, 6) is -3.28. The van der Waals surface area contributed by atoms with E-state index in [-0.39, 0.29) is 39.4 Å². The molecule has 10 heteroatoms. The van der Waals surface area contributed by atoms with Crippen LogP contribution in [0.1, 0.15) is 22.0 Å². The molecule has 1 aromatic heterocycles. The van der Waals surface area contributed by atoms with Gasteiger partial charge in [-0.1, -0.05) is 18.2 Å². The lowest BCUT2D eigenvalue weighted by atomic mass is 9.88. The maximum Gasteiger partial charge on any atom is 0.205 e. The highest BCUT2D eigenvalue weighted by Crippen LogP contribution is 2.51. The molecule has 0 spiro atoms. The molecule has 5 aromatic rings. The van der Waals surface area contributed by atoms with Crippen molar-refractivity contribution < 1.29 is 44.6 Å². The normalized spacial score (nSPS) is 16.5. The maximum absolute atomic E-state index is 14.0. The van der Waals surface area contributed by atoms with Gasteiger partial charge >= 0.3 is 0 Å². The van der Waals surface area contributed by atoms with E-state index in [0.29, 0.717) is 11.1 Å². The van der Waals surface area contributed by atoms with Crippen molar-refractivity contribution in [3.05, 3.63) is 94.1 Å². The van der Waals surface area contributed by atoms with Crippen LogP contribution < -0.4 is 10.2 Å². The number of ketones is 1. The number of carbonyl (C=O) groups is 1. The lowest BCUT2D eigenvalue weighted by Gasteiger charge is -2.32. The van der Waals surface area contributed by atoms with E-state index < -0.39 is 52.0 Å². The van der Waals surface area contributed by atoms with Crippen molar-refractivity contribution in [2.24, 2.45) is 0 Å². The Balaban J connectivity index is 1.70. The summed E-state index contributed by atoms with van der Waals surface area (Å²) in [6.07, 6.45) is -3.10. The van der Waals surface area contributed by atoms with E-state index in [1.54, 1.807) is 0 Å². The second kappa shape index (κ2) is 9.07. The van der Waals surface area contributed by atoms with Gasteiger partial charge in [0.25, 0.3) is 0 Å². The van der Waals surface area contributed by atoms with Gasteiger partial charge in [0.15, 0.2) is 12.2 Å². The molecule has 0 amide bonds. The molecule has 1 aliphatic rings. The zero-order valence-electron chi connectivity index (χ0n) is 20.4. The van der Waals surface area contributed by atoms with E-state index in [9.17, 15) is 40.2 Å². The Morgan fingerprint density at radius 2 is 1.30 bits per heavy atom. The summed E-state index contributed by atoms with van der Waals surface area (Å²) in [5, 5.41) is 62.3. The van der Waals surface area contributed by atoms with Crippen molar-refractivity contribution in [1.29, 1.82) is 0 Å². The number of ether oxygens (including phenoxy) is 1. The zero-order valence-corrected chi connectivity index (χ0v) is 20.4. The van der Waals surface area contributed by atoms with Crippen LogP contribution in [0.2, 0.25) is 0 Å². The van der Waals surface area contributed by atoms with Gasteiger partial charge in [0.1, 0.15) is 56.8 Å². The molecule has 2 atom stereocenters. The minimum Gasteiger partial charge on any atom is -0.508 e. The van der Waals surface area contributed by atoms with Gasteiger partial charge in [0.2, 0.25) is 11.2 Å². The van der Waals surface area contributed by atoms with Gasteiger partial charge in [-0.25, -0.2) is 0 Å². The summed E-state index contributed by atoms with van der Waals surface area (Å²) >= 11 is 0. The van der Waals surface area contributed by atoms with Crippen molar-refractivity contribution >= 4 is 16.8 Å². The van der Waals surface area contributed by atoms with Crippen LogP contribution in [0.25, 0.3) is 33.4 Å². The number of aliphatic hydroxyl groups excluding tert-OH is 1. The zero-order chi connectivity index (χ0) is 28.3. The van der Waals surface area contributed by atoms with E-state index in [2.05, 4.69) is 0 Å². The van der Waals surface area contributed by atoms with Crippen LogP contribution in [0.15, 0.2) is 82.0 Å². The number of phenolic OH excluding ortho intramolecular Hbond substituents is 5. The van der Waals surface area contributed by atoms with Gasteiger partial charge in [-0.05, 0) is 54.1 Å². The minimum atomic E-state index is -1.77. The highest BCUT2D eigenvalue weighted by molar-refractivity contribution is 6.09. The molecule has 6 rings (SSSR count). The first-order valence-corrected chi connectivity index (χ1v) is 12.0. The van der Waals surface area contributed by atoms with Crippen LogP contribution in [0, 0.1) is 0 Å². The average molecular weight is 540 g/mol. The van der Waals surface area contributed by atoms with Crippen LogP contribution in [0.3, 0.4) is 0 Å². The van der Waals surface area contributed by atoms with E-state index in [1.807, 2.05) is 0 Å². The number of carbonyl (C=O) groups excluding carboxylic acids is 1. The number of rotatable bonds is 3. The summed E-state index contributed by atoms with van der Waals surface area (Å²) < 4.78 is 12.1. The van der Waals surface area contributed by atoms with E-state index >= 15 is 0 Å². The fourth-order valence-corrected chi connectivity index (χ4v) is 4.89. The molecule has 2 heterocycles. The Morgan fingerprint density at radius 1 is 0.675 bits per heavy atom. The molecular weight excluding hydrogens is 520 g/mol. The summed E-state index contributed by atoms with van der Waals surface area (Å²) in [7, 11) is 0. The average Bonchev–Trinajstić information content (AvgIpc) is 2.92. The van der Waals surface area contributed by atoms with E-state index in [0.717, 1.165) is 6.07 Å². The predicted octanol–water partition coefficient (Wildman–Crippen LogP) is 4.33. The molecule has 40 heavy (non-hydrogen) atoms. The molecule has 2 unspecified atom stereocenters. The Bertz CT molecular complexity index is 1870. The molecule has 10 nitrogen and oxygen atoms in total. The quantitative estimate of drug-likeness (QED) is 0.193. The number of hydrogen-bond donors (Lipinski definition) is 6. The van der Waals surface area contributed by atoms with Gasteiger partial charge in [0, 0.05) is 11.6 Å². The number of aliphatic hydroxyl groups is 1. The van der Waals surface area contributed by atoms with Gasteiger partial charge in [0.05, 0.1) is 11.1 Å². The molecule has 0 bridgehead atoms. The molecule has 0 aliphatic carbocycles. The monoisotopic (exact) mass is 540 g/mol. The lowest BCUT2D eigenvalue weighted by Crippen LogP contribution is -2.36. The van der Waals surface area contributed by atoms with Crippen molar-refractivity contribution in [3.8, 4) is 56.9 Å². The van der Waals surface area contributed by atoms with Crippen molar-refractivity contribution in [3.63, 3.8) is 0 Å². The SMILES string of the molecule is O=C1c2c(O)cc(O)c(-c3c(-c4ccc(O)cc4)oc4cccc(O)c4c3=O)c2OC(c2ccc(O)cc2)C1O. The second-order valence-corrected chi connectivity index (χ2v) is 9.27. The van der Waals surface area contributed by atoms with Crippen LogP contribution in [-0.4, -0.2) is 42.5 Å². The molecule has 0 saturated heterocycles. The molecule has 200 valence electrons. The largest absolute Gasteiger partial charge is 0.508 e. The minimum absolute atomic E-state index is 0.0262. The van der Waals surface area contributed by atoms with Gasteiger partial charge in [-0.2, -0.15) is 0 Å². The molecule has 0 saturated carbocycles. The number of aromatic hydroxyl groups is 5. The van der Waals surface area contributed by atoms with Crippen molar-refractivity contribution in [1.82, 2.24) is 0 Å². The van der Waals surface area contributed by atoms with Crippen LogP contribution in [-0.2, 0) is 0 Å². The molecule has 1 aliphatic heterocycles. The van der Waals surface area contributed by atoms with Crippen LogP contribution in [0.5, 0.6) is 34.5 Å². The summed E-state index contributed by atoms with van der Waals surface area (Å²) in [6, 6.07) is 16.2. The summed E-state index contributed by atoms with van der Waals surface area (Å²) in [5.41, 5.74) is -1.26. The molecular formula is C30H20O10. The number of Topliss-reactive ketones (excluding diaryl/α,β-unsaturated/α-hetero) is 1. The highest BCUT2D eigenvalue weighted by Gasteiger charge is 2.42. The lowest BCUT2D eigenvalue weighted by molar-refractivity contribution is 0.0213. The van der Waals surface area contributed by atoms with Crippen LogP contribution in [0.4, 0.5) is 0 Å². The second-order valence-electron chi connectivity index (χ2n) is 9.27. The fourth-order valence-electron chi connectivity index (χ4n) is 4.89. The molecule has 0 radical (unpaired) electrons. The first kappa shape index (κ1) is 24.8. The Morgan fingerprint density at radius 3 is 1.98 bits per heavy atom. The number of phenols is 5. The van der Waals surface area contributed by atoms with Gasteiger partial charge < -0.3 is 39.8 Å². The first-order valence-electron chi connectivity index (χ1n) is 12.0. The molecule has 0 fully saturated rings. The molecule has 4 aromatic carbocycles. The van der Waals surface area contributed by atoms with Gasteiger partial charge in [-0.3, -0.25) is 9.59 Å². The Kier molecular flexibility index (Phi) is 5.63.